The van der Waals surface area contributed by atoms with Crippen molar-refractivity contribution >= 4 is 28.4 Å². The Hall–Kier alpha value is -0.660. The van der Waals surface area contributed by atoms with Crippen molar-refractivity contribution in [1.82, 2.24) is 4.98 Å². The van der Waals surface area contributed by atoms with Gasteiger partial charge in [-0.3, -0.25) is 0 Å². The first kappa shape index (κ1) is 10.4. The third-order valence-electron chi connectivity index (χ3n) is 1.48. The fourth-order valence-electron chi connectivity index (χ4n) is 0.918. The third kappa shape index (κ3) is 1.98. The van der Waals surface area contributed by atoms with Crippen LogP contribution < -0.4 is 10.5 Å². The van der Waals surface area contributed by atoms with Crippen LogP contribution in [0.15, 0.2) is 6.20 Å². The van der Waals surface area contributed by atoms with Gasteiger partial charge < -0.3 is 10.5 Å². The summed E-state index contributed by atoms with van der Waals surface area (Å²) < 4.78 is 30.2. The van der Waals surface area contributed by atoms with Gasteiger partial charge in [0, 0.05) is 6.20 Å². The Balaban J connectivity index is 3.35. The number of aromatic nitrogens is 1. The monoisotopic (exact) mass is 300 g/mol. The number of pyridine rings is 1. The van der Waals surface area contributed by atoms with Gasteiger partial charge in [0.25, 0.3) is 6.43 Å². The van der Waals surface area contributed by atoms with Crippen molar-refractivity contribution in [2.75, 3.05) is 12.8 Å². The molecule has 1 heterocycles. The van der Waals surface area contributed by atoms with Gasteiger partial charge in [0.05, 0.1) is 10.7 Å². The number of hydrogen-bond acceptors (Lipinski definition) is 3. The molecule has 1 rings (SSSR count). The summed E-state index contributed by atoms with van der Waals surface area (Å²) in [6.07, 6.45) is -1.28. The molecule has 6 heteroatoms. The summed E-state index contributed by atoms with van der Waals surface area (Å²) in [6.45, 7) is 0. The normalized spacial score (nSPS) is 10.5. The highest BCUT2D eigenvalue weighted by Gasteiger charge is 2.20. The van der Waals surface area contributed by atoms with Gasteiger partial charge in [0.1, 0.15) is 17.1 Å². The van der Waals surface area contributed by atoms with Gasteiger partial charge in [0.15, 0.2) is 0 Å². The second-order valence-corrected chi connectivity index (χ2v) is 3.40. The molecule has 0 aliphatic rings. The lowest BCUT2D eigenvalue weighted by Gasteiger charge is -2.10. The van der Waals surface area contributed by atoms with Crippen LogP contribution >= 0.6 is 22.6 Å². The Bertz CT molecular complexity index is 320. The van der Waals surface area contributed by atoms with E-state index >= 15 is 0 Å². The third-order valence-corrected chi connectivity index (χ3v) is 2.25. The smallest absolute Gasteiger partial charge is 0.271 e. The maximum absolute atomic E-state index is 12.5. The van der Waals surface area contributed by atoms with E-state index < -0.39 is 6.43 Å². The van der Waals surface area contributed by atoms with Crippen LogP contribution in [0.1, 0.15) is 12.0 Å². The topological polar surface area (TPSA) is 48.1 Å². The number of nitrogens with two attached hydrogens (primary N) is 1. The van der Waals surface area contributed by atoms with E-state index in [1.807, 2.05) is 22.6 Å². The molecule has 0 unspecified atom stereocenters. The standard InChI is InChI=1S/C7H7F2IN2O/c1-13-5-3(10)2-12-7(11)4(5)6(8)9/h2,6H,1H3,(H2,11,12). The average Bonchev–Trinajstić information content (AvgIpc) is 2.07. The van der Waals surface area contributed by atoms with Gasteiger partial charge in [-0.25, -0.2) is 13.8 Å². The highest BCUT2D eigenvalue weighted by molar-refractivity contribution is 14.1. The molecular formula is C7H7F2IN2O. The van der Waals surface area contributed by atoms with E-state index in [0.29, 0.717) is 3.57 Å². The minimum atomic E-state index is -2.67. The molecule has 0 fully saturated rings. The van der Waals surface area contributed by atoms with Crippen molar-refractivity contribution in [3.05, 3.63) is 15.3 Å². The fraction of sp³-hybridized carbons (Fsp3) is 0.286. The molecule has 13 heavy (non-hydrogen) atoms. The largest absolute Gasteiger partial charge is 0.495 e. The first-order valence-electron chi connectivity index (χ1n) is 3.34. The maximum Gasteiger partial charge on any atom is 0.271 e. The summed E-state index contributed by atoms with van der Waals surface area (Å²) in [5, 5.41) is 0. The summed E-state index contributed by atoms with van der Waals surface area (Å²) in [5.74, 6) is -0.0876. The highest BCUT2D eigenvalue weighted by Crippen LogP contribution is 2.35. The summed E-state index contributed by atoms with van der Waals surface area (Å²) in [7, 11) is 1.32. The summed E-state index contributed by atoms with van der Waals surface area (Å²) in [5.41, 5.74) is 4.95. The summed E-state index contributed by atoms with van der Waals surface area (Å²) in [4.78, 5) is 3.62. The molecule has 72 valence electrons. The molecule has 0 amide bonds. The molecule has 1 aromatic rings. The van der Waals surface area contributed by atoms with Gasteiger partial charge in [0.2, 0.25) is 0 Å². The second-order valence-electron chi connectivity index (χ2n) is 2.24. The number of nitrogen functional groups attached to an aromatic ring is 1. The molecule has 2 N–H and O–H groups in total. The van der Waals surface area contributed by atoms with E-state index in [1.165, 1.54) is 13.3 Å². The van der Waals surface area contributed by atoms with Gasteiger partial charge in [-0.05, 0) is 22.6 Å². The van der Waals surface area contributed by atoms with Crippen molar-refractivity contribution in [3.8, 4) is 5.75 Å². The van der Waals surface area contributed by atoms with Crippen LogP contribution in [0, 0.1) is 3.57 Å². The van der Waals surface area contributed by atoms with Crippen LogP contribution in [0.4, 0.5) is 14.6 Å². The lowest BCUT2D eigenvalue weighted by Crippen LogP contribution is -2.03. The first-order valence-corrected chi connectivity index (χ1v) is 4.41. The van der Waals surface area contributed by atoms with E-state index in [4.69, 9.17) is 10.5 Å². The van der Waals surface area contributed by atoms with Crippen molar-refractivity contribution < 1.29 is 13.5 Å². The van der Waals surface area contributed by atoms with E-state index in [0.717, 1.165) is 0 Å². The zero-order chi connectivity index (χ0) is 10.0. The predicted octanol–water partition coefficient (Wildman–Crippen LogP) is 2.21. The molecule has 0 atom stereocenters. The molecular weight excluding hydrogens is 293 g/mol. The number of nitrogens with zero attached hydrogens (tertiary/aromatic N) is 1. The number of ether oxygens (including phenoxy) is 1. The Morgan fingerprint density at radius 2 is 2.23 bits per heavy atom. The zero-order valence-corrected chi connectivity index (χ0v) is 8.88. The van der Waals surface area contributed by atoms with E-state index in [1.54, 1.807) is 0 Å². The van der Waals surface area contributed by atoms with Gasteiger partial charge >= 0.3 is 0 Å². The number of rotatable bonds is 2. The molecule has 0 aromatic carbocycles. The SMILES string of the molecule is COc1c(I)cnc(N)c1C(F)F. The van der Waals surface area contributed by atoms with Gasteiger partial charge in [-0.15, -0.1) is 0 Å². The van der Waals surface area contributed by atoms with Crippen molar-refractivity contribution in [3.63, 3.8) is 0 Å². The average molecular weight is 300 g/mol. The number of hydrogen-bond donors (Lipinski definition) is 1. The summed E-state index contributed by atoms with van der Waals surface area (Å²) in [6, 6.07) is 0. The van der Waals surface area contributed by atoms with Crippen LogP contribution in [-0.4, -0.2) is 12.1 Å². The van der Waals surface area contributed by atoms with E-state index in [-0.39, 0.29) is 17.1 Å². The van der Waals surface area contributed by atoms with Gasteiger partial charge in [-0.2, -0.15) is 0 Å². The number of alkyl halides is 2. The highest BCUT2D eigenvalue weighted by atomic mass is 127. The lowest BCUT2D eigenvalue weighted by atomic mass is 10.2. The molecule has 0 aliphatic heterocycles. The number of methoxy groups -OCH3 is 1. The Kier molecular flexibility index (Phi) is 3.23. The van der Waals surface area contributed by atoms with Crippen LogP contribution in [0.2, 0.25) is 0 Å². The maximum atomic E-state index is 12.5. The van der Waals surface area contributed by atoms with E-state index in [2.05, 4.69) is 4.98 Å². The minimum Gasteiger partial charge on any atom is -0.495 e. The van der Waals surface area contributed by atoms with Crippen LogP contribution in [0.5, 0.6) is 5.75 Å². The Morgan fingerprint density at radius 1 is 1.62 bits per heavy atom. The first-order chi connectivity index (χ1) is 6.07. The number of halogens is 3. The van der Waals surface area contributed by atoms with Crippen LogP contribution in [0.25, 0.3) is 0 Å². The Labute approximate surface area is 87.4 Å². The lowest BCUT2D eigenvalue weighted by molar-refractivity contribution is 0.147. The van der Waals surface area contributed by atoms with Crippen molar-refractivity contribution in [1.29, 1.82) is 0 Å². The molecule has 0 aliphatic carbocycles. The molecule has 1 aromatic heterocycles. The molecule has 0 radical (unpaired) electrons. The van der Waals surface area contributed by atoms with Crippen LogP contribution in [-0.2, 0) is 0 Å². The number of anilines is 1. The molecule has 0 bridgehead atoms. The zero-order valence-electron chi connectivity index (χ0n) is 6.72. The van der Waals surface area contributed by atoms with Crippen molar-refractivity contribution in [2.45, 2.75) is 6.43 Å². The quantitative estimate of drug-likeness (QED) is 0.852. The molecule has 0 saturated heterocycles. The molecule has 0 spiro atoms. The van der Waals surface area contributed by atoms with Gasteiger partial charge in [-0.1, -0.05) is 0 Å². The summed E-state index contributed by atoms with van der Waals surface area (Å²) >= 11 is 1.86. The Morgan fingerprint density at radius 3 is 2.62 bits per heavy atom. The fourth-order valence-corrected chi connectivity index (χ4v) is 1.57. The second kappa shape index (κ2) is 4.03. The van der Waals surface area contributed by atoms with Crippen LogP contribution in [0.3, 0.4) is 0 Å². The van der Waals surface area contributed by atoms with E-state index in [9.17, 15) is 8.78 Å². The minimum absolute atomic E-state index is 0.100. The molecule has 3 nitrogen and oxygen atoms in total. The predicted molar refractivity (Wildman–Crippen MR) is 52.9 cm³/mol. The molecule has 0 saturated carbocycles. The van der Waals surface area contributed by atoms with Crippen molar-refractivity contribution in [2.24, 2.45) is 0 Å².